The van der Waals surface area contributed by atoms with Crippen LogP contribution < -0.4 is 10.1 Å². The number of methoxy groups -OCH3 is 1. The smallest absolute Gasteiger partial charge is 0.129 e. The first-order chi connectivity index (χ1) is 9.68. The molecule has 0 saturated carbocycles. The molecule has 0 aliphatic rings. The van der Waals surface area contributed by atoms with E-state index in [-0.39, 0.29) is 0 Å². The monoisotopic (exact) mass is 266 g/mol. The van der Waals surface area contributed by atoms with Gasteiger partial charge in [-0.2, -0.15) is 5.26 Å². The van der Waals surface area contributed by atoms with Crippen LogP contribution >= 0.6 is 0 Å². The number of nitrogens with one attached hydrogen (secondary N) is 1. The third kappa shape index (κ3) is 3.17. The van der Waals surface area contributed by atoms with E-state index in [0.717, 1.165) is 16.9 Å². The number of nitrogens with zero attached hydrogens (tertiary/aromatic N) is 1. The molecule has 0 radical (unpaired) electrons. The van der Waals surface area contributed by atoms with Crippen LogP contribution in [0.5, 0.6) is 5.75 Å². The van der Waals surface area contributed by atoms with E-state index < -0.39 is 5.54 Å². The topological polar surface area (TPSA) is 45.0 Å². The fourth-order valence-corrected chi connectivity index (χ4v) is 2.00. The summed E-state index contributed by atoms with van der Waals surface area (Å²) >= 11 is 0. The summed E-state index contributed by atoms with van der Waals surface area (Å²) in [6.07, 6.45) is 0. The van der Waals surface area contributed by atoms with Crippen molar-refractivity contribution in [3.05, 3.63) is 65.7 Å². The number of nitriles is 1. The highest BCUT2D eigenvalue weighted by Gasteiger charge is 2.25. The van der Waals surface area contributed by atoms with Crippen LogP contribution in [0.3, 0.4) is 0 Å². The van der Waals surface area contributed by atoms with Crippen molar-refractivity contribution in [3.63, 3.8) is 0 Å². The molecule has 0 aromatic heterocycles. The highest BCUT2D eigenvalue weighted by molar-refractivity contribution is 5.31. The van der Waals surface area contributed by atoms with Crippen LogP contribution in [0, 0.1) is 11.3 Å². The van der Waals surface area contributed by atoms with Gasteiger partial charge in [0, 0.05) is 6.54 Å². The van der Waals surface area contributed by atoms with Crippen molar-refractivity contribution >= 4 is 0 Å². The van der Waals surface area contributed by atoms with Crippen LogP contribution in [0.15, 0.2) is 54.6 Å². The summed E-state index contributed by atoms with van der Waals surface area (Å²) in [6, 6.07) is 19.9. The molecule has 0 saturated heterocycles. The van der Waals surface area contributed by atoms with Gasteiger partial charge in [-0.1, -0.05) is 42.5 Å². The van der Waals surface area contributed by atoms with Gasteiger partial charge >= 0.3 is 0 Å². The molecule has 0 aliphatic carbocycles. The number of benzene rings is 2. The summed E-state index contributed by atoms with van der Waals surface area (Å²) in [5.41, 5.74) is 1.39. The number of ether oxygens (including phenoxy) is 1. The van der Waals surface area contributed by atoms with Gasteiger partial charge in [-0.15, -0.1) is 0 Å². The van der Waals surface area contributed by atoms with E-state index in [4.69, 9.17) is 4.74 Å². The lowest BCUT2D eigenvalue weighted by molar-refractivity contribution is 0.414. The second-order valence-electron chi connectivity index (χ2n) is 4.80. The van der Waals surface area contributed by atoms with Gasteiger partial charge in [0.1, 0.15) is 11.3 Å². The molecule has 0 amide bonds. The highest BCUT2D eigenvalue weighted by Crippen LogP contribution is 2.20. The van der Waals surface area contributed by atoms with E-state index in [0.29, 0.717) is 6.54 Å². The van der Waals surface area contributed by atoms with E-state index in [1.807, 2.05) is 61.5 Å². The SMILES string of the molecule is COc1ccc(CN[C@@](C)(C#N)c2ccccc2)cc1. The summed E-state index contributed by atoms with van der Waals surface area (Å²) in [5, 5.41) is 12.8. The summed E-state index contributed by atoms with van der Waals surface area (Å²) < 4.78 is 5.13. The molecule has 3 heteroatoms. The van der Waals surface area contributed by atoms with Gasteiger partial charge in [0.25, 0.3) is 0 Å². The molecule has 1 atom stereocenters. The predicted molar refractivity (Wildman–Crippen MR) is 79.2 cm³/mol. The van der Waals surface area contributed by atoms with Gasteiger partial charge < -0.3 is 4.74 Å². The minimum atomic E-state index is -0.693. The molecule has 1 N–H and O–H groups in total. The van der Waals surface area contributed by atoms with Crippen molar-refractivity contribution in [2.75, 3.05) is 7.11 Å². The Bertz CT molecular complexity index is 587. The van der Waals surface area contributed by atoms with E-state index >= 15 is 0 Å². The average molecular weight is 266 g/mol. The Morgan fingerprint density at radius 2 is 1.75 bits per heavy atom. The molecular formula is C17H18N2O. The van der Waals surface area contributed by atoms with Crippen molar-refractivity contribution < 1.29 is 4.74 Å². The molecule has 0 spiro atoms. The first-order valence-electron chi connectivity index (χ1n) is 6.53. The fourth-order valence-electron chi connectivity index (χ4n) is 2.00. The van der Waals surface area contributed by atoms with Gasteiger partial charge in [0.2, 0.25) is 0 Å². The molecule has 2 aromatic carbocycles. The molecule has 2 rings (SSSR count). The van der Waals surface area contributed by atoms with Crippen LogP contribution in [-0.2, 0) is 12.1 Å². The van der Waals surface area contributed by atoms with Crippen LogP contribution in [-0.4, -0.2) is 7.11 Å². The summed E-state index contributed by atoms with van der Waals surface area (Å²) in [5.74, 6) is 0.833. The quantitative estimate of drug-likeness (QED) is 0.903. The lowest BCUT2D eigenvalue weighted by Gasteiger charge is -2.24. The van der Waals surface area contributed by atoms with Crippen LogP contribution in [0.1, 0.15) is 18.1 Å². The van der Waals surface area contributed by atoms with Gasteiger partial charge in [-0.05, 0) is 30.2 Å². The molecule has 0 fully saturated rings. The fraction of sp³-hybridized carbons (Fsp3) is 0.235. The first-order valence-corrected chi connectivity index (χ1v) is 6.53. The second-order valence-corrected chi connectivity index (χ2v) is 4.80. The van der Waals surface area contributed by atoms with Gasteiger partial charge in [-0.25, -0.2) is 0 Å². The minimum Gasteiger partial charge on any atom is -0.497 e. The van der Waals surface area contributed by atoms with Crippen molar-refractivity contribution in [1.29, 1.82) is 5.26 Å². The highest BCUT2D eigenvalue weighted by atomic mass is 16.5. The number of hydrogen-bond donors (Lipinski definition) is 1. The summed E-state index contributed by atoms with van der Waals surface area (Å²) in [7, 11) is 1.65. The Kier molecular flexibility index (Phi) is 4.39. The van der Waals surface area contributed by atoms with Crippen molar-refractivity contribution in [3.8, 4) is 11.8 Å². The van der Waals surface area contributed by atoms with Crippen LogP contribution in [0.2, 0.25) is 0 Å². The molecule has 20 heavy (non-hydrogen) atoms. The van der Waals surface area contributed by atoms with E-state index in [1.165, 1.54) is 0 Å². The third-order valence-corrected chi connectivity index (χ3v) is 3.38. The van der Waals surface area contributed by atoms with Crippen molar-refractivity contribution in [1.82, 2.24) is 5.32 Å². The number of hydrogen-bond acceptors (Lipinski definition) is 3. The molecule has 0 unspecified atom stereocenters. The maximum absolute atomic E-state index is 9.47. The zero-order chi connectivity index (χ0) is 14.4. The lowest BCUT2D eigenvalue weighted by atomic mass is 9.93. The Morgan fingerprint density at radius 1 is 1.10 bits per heavy atom. The molecule has 0 bridgehead atoms. The largest absolute Gasteiger partial charge is 0.497 e. The molecule has 2 aromatic rings. The Labute approximate surface area is 119 Å². The maximum atomic E-state index is 9.47. The van der Waals surface area contributed by atoms with Crippen LogP contribution in [0.4, 0.5) is 0 Å². The lowest BCUT2D eigenvalue weighted by Crippen LogP contribution is -2.37. The minimum absolute atomic E-state index is 0.628. The zero-order valence-electron chi connectivity index (χ0n) is 11.8. The molecule has 0 heterocycles. The Hall–Kier alpha value is -2.31. The maximum Gasteiger partial charge on any atom is 0.129 e. The number of rotatable bonds is 5. The van der Waals surface area contributed by atoms with Gasteiger partial charge in [0.15, 0.2) is 0 Å². The van der Waals surface area contributed by atoms with Gasteiger partial charge in [-0.3, -0.25) is 5.32 Å². The van der Waals surface area contributed by atoms with E-state index in [9.17, 15) is 5.26 Å². The average Bonchev–Trinajstić information content (AvgIpc) is 2.54. The summed E-state index contributed by atoms with van der Waals surface area (Å²) in [6.45, 7) is 2.52. The molecule has 3 nitrogen and oxygen atoms in total. The Morgan fingerprint density at radius 3 is 2.30 bits per heavy atom. The first kappa shape index (κ1) is 14.1. The van der Waals surface area contributed by atoms with E-state index in [2.05, 4.69) is 11.4 Å². The van der Waals surface area contributed by atoms with Crippen LogP contribution in [0.25, 0.3) is 0 Å². The predicted octanol–water partition coefficient (Wildman–Crippen LogP) is 3.22. The zero-order valence-corrected chi connectivity index (χ0v) is 11.8. The molecular weight excluding hydrogens is 248 g/mol. The van der Waals surface area contributed by atoms with Crippen molar-refractivity contribution in [2.24, 2.45) is 0 Å². The second kappa shape index (κ2) is 6.23. The van der Waals surface area contributed by atoms with Gasteiger partial charge in [0.05, 0.1) is 13.2 Å². The Balaban J connectivity index is 2.09. The normalized spacial score (nSPS) is 13.2. The standard InChI is InChI=1S/C17H18N2O/c1-17(13-18,15-6-4-3-5-7-15)19-12-14-8-10-16(20-2)11-9-14/h3-11,19H,12H2,1-2H3/t17-/m0/s1. The van der Waals surface area contributed by atoms with E-state index in [1.54, 1.807) is 7.11 Å². The summed E-state index contributed by atoms with van der Waals surface area (Å²) in [4.78, 5) is 0. The molecule has 102 valence electrons. The third-order valence-electron chi connectivity index (χ3n) is 3.38. The molecule has 0 aliphatic heterocycles. The van der Waals surface area contributed by atoms with Crippen molar-refractivity contribution in [2.45, 2.75) is 19.0 Å².